The van der Waals surface area contributed by atoms with Crippen molar-refractivity contribution in [2.45, 2.75) is 32.7 Å². The number of ether oxygens (including phenoxy) is 2. The first-order chi connectivity index (χ1) is 11.4. The van der Waals surface area contributed by atoms with Crippen LogP contribution in [-0.4, -0.2) is 56.2 Å². The van der Waals surface area contributed by atoms with E-state index in [0.29, 0.717) is 0 Å². The highest BCUT2D eigenvalue weighted by molar-refractivity contribution is 7.17. The van der Waals surface area contributed by atoms with E-state index >= 15 is 0 Å². The van der Waals surface area contributed by atoms with Gasteiger partial charge in [-0.05, 0) is 20.3 Å². The lowest BCUT2D eigenvalue weighted by Crippen LogP contribution is -2.42. The normalized spacial score (nSPS) is 11.5. The van der Waals surface area contributed by atoms with Crippen LogP contribution in [-0.2, 0) is 19.1 Å². The fraction of sp³-hybridized carbons (Fsp3) is 0.600. The number of nitrogens with zero attached hydrogens (tertiary/aromatic N) is 2. The van der Waals surface area contributed by atoms with Crippen LogP contribution >= 0.6 is 11.3 Å². The molecule has 0 aromatic carbocycles. The van der Waals surface area contributed by atoms with Gasteiger partial charge in [0.05, 0.1) is 19.4 Å². The van der Waals surface area contributed by atoms with E-state index in [1.165, 1.54) is 11.3 Å². The maximum atomic E-state index is 12.3. The number of rotatable bonds is 9. The molecule has 1 heterocycles. The summed E-state index contributed by atoms with van der Waals surface area (Å²) in [5, 5.41) is 3.63. The summed E-state index contributed by atoms with van der Waals surface area (Å²) in [6, 6.07) is -0.923. The van der Waals surface area contributed by atoms with E-state index in [0.717, 1.165) is 5.00 Å². The summed E-state index contributed by atoms with van der Waals surface area (Å²) < 4.78 is 9.78. The second-order valence-corrected chi connectivity index (χ2v) is 6.03. The van der Waals surface area contributed by atoms with Crippen molar-refractivity contribution in [1.29, 1.82) is 0 Å². The largest absolute Gasteiger partial charge is 0.466 e. The molecule has 134 valence electrons. The van der Waals surface area contributed by atoms with Crippen molar-refractivity contribution in [2.75, 3.05) is 32.2 Å². The van der Waals surface area contributed by atoms with E-state index < -0.39 is 23.9 Å². The average Bonchev–Trinajstić information content (AvgIpc) is 3.02. The lowest BCUT2D eigenvalue weighted by molar-refractivity contribution is -0.146. The fourth-order valence-corrected chi connectivity index (χ4v) is 2.53. The molecule has 24 heavy (non-hydrogen) atoms. The van der Waals surface area contributed by atoms with Crippen LogP contribution in [0.5, 0.6) is 0 Å². The van der Waals surface area contributed by atoms with Gasteiger partial charge in [0, 0.05) is 20.5 Å². The van der Waals surface area contributed by atoms with E-state index in [1.54, 1.807) is 20.0 Å². The molecule has 0 unspecified atom stereocenters. The van der Waals surface area contributed by atoms with E-state index in [4.69, 9.17) is 9.47 Å². The zero-order chi connectivity index (χ0) is 18.1. The van der Waals surface area contributed by atoms with Crippen LogP contribution in [0.25, 0.3) is 0 Å². The minimum atomic E-state index is -0.923. The highest BCUT2D eigenvalue weighted by Gasteiger charge is 2.25. The number of nitrogens with one attached hydrogen (secondary N) is 1. The van der Waals surface area contributed by atoms with Crippen LogP contribution in [0.1, 0.15) is 36.5 Å². The number of aromatic nitrogens is 1. The fourth-order valence-electron chi connectivity index (χ4n) is 1.78. The van der Waals surface area contributed by atoms with E-state index in [-0.39, 0.29) is 31.1 Å². The topological polar surface area (TPSA) is 97.8 Å². The third-order valence-corrected chi connectivity index (χ3v) is 4.11. The smallest absolute Gasteiger partial charge is 0.328 e. The van der Waals surface area contributed by atoms with Gasteiger partial charge in [-0.3, -0.25) is 9.59 Å². The van der Waals surface area contributed by atoms with Gasteiger partial charge in [0.15, 0.2) is 5.01 Å². The monoisotopic (exact) mass is 357 g/mol. The first-order valence-electron chi connectivity index (χ1n) is 7.65. The molecule has 0 bridgehead atoms. The average molecular weight is 357 g/mol. The molecular formula is C15H23N3O5S. The van der Waals surface area contributed by atoms with Gasteiger partial charge in [0.25, 0.3) is 5.91 Å². The molecule has 1 aromatic rings. The van der Waals surface area contributed by atoms with Gasteiger partial charge < -0.3 is 19.7 Å². The van der Waals surface area contributed by atoms with Gasteiger partial charge in [0.2, 0.25) is 0 Å². The van der Waals surface area contributed by atoms with Crippen LogP contribution in [0.2, 0.25) is 0 Å². The number of esters is 2. The molecule has 8 nitrogen and oxygen atoms in total. The number of thiazole rings is 1. The van der Waals surface area contributed by atoms with Crippen molar-refractivity contribution >= 4 is 34.2 Å². The first kappa shape index (κ1) is 19.9. The summed E-state index contributed by atoms with van der Waals surface area (Å²) in [5.41, 5.74) is 0. The Morgan fingerprint density at radius 1 is 1.25 bits per heavy atom. The summed E-state index contributed by atoms with van der Waals surface area (Å²) in [5.74, 6) is -1.49. The zero-order valence-electron chi connectivity index (χ0n) is 14.3. The molecule has 0 aliphatic heterocycles. The molecule has 0 aliphatic carbocycles. The maximum Gasteiger partial charge on any atom is 0.328 e. The van der Waals surface area contributed by atoms with Gasteiger partial charge in [-0.25, -0.2) is 9.78 Å². The summed E-state index contributed by atoms with van der Waals surface area (Å²) in [7, 11) is 3.69. The van der Waals surface area contributed by atoms with Crippen molar-refractivity contribution in [2.24, 2.45) is 0 Å². The Morgan fingerprint density at radius 3 is 2.46 bits per heavy atom. The Hall–Kier alpha value is -2.16. The number of hydrogen-bond donors (Lipinski definition) is 1. The second-order valence-electron chi connectivity index (χ2n) is 5.02. The quantitative estimate of drug-likeness (QED) is 0.663. The van der Waals surface area contributed by atoms with Crippen molar-refractivity contribution in [3.63, 3.8) is 0 Å². The zero-order valence-corrected chi connectivity index (χ0v) is 15.1. The van der Waals surface area contributed by atoms with Gasteiger partial charge in [0.1, 0.15) is 11.0 Å². The molecule has 1 atom stereocenters. The van der Waals surface area contributed by atoms with Crippen LogP contribution in [0.15, 0.2) is 6.20 Å². The molecule has 1 rings (SSSR count). The molecular weight excluding hydrogens is 334 g/mol. The highest BCUT2D eigenvalue weighted by atomic mass is 32.1. The lowest BCUT2D eigenvalue weighted by atomic mass is 10.1. The Bertz CT molecular complexity index is 573. The Kier molecular flexibility index (Phi) is 8.17. The van der Waals surface area contributed by atoms with Gasteiger partial charge in [-0.1, -0.05) is 11.3 Å². The minimum absolute atomic E-state index is 0.0123. The minimum Gasteiger partial charge on any atom is -0.466 e. The van der Waals surface area contributed by atoms with E-state index in [2.05, 4.69) is 10.3 Å². The number of anilines is 1. The molecule has 1 amide bonds. The molecule has 0 spiro atoms. The van der Waals surface area contributed by atoms with Crippen LogP contribution in [0.4, 0.5) is 5.00 Å². The third kappa shape index (κ3) is 6.15. The maximum absolute atomic E-state index is 12.3. The molecule has 1 aromatic heterocycles. The summed E-state index contributed by atoms with van der Waals surface area (Å²) in [4.78, 5) is 41.6. The van der Waals surface area contributed by atoms with E-state index in [9.17, 15) is 14.4 Å². The molecule has 0 saturated heterocycles. The number of carbonyl (C=O) groups excluding carboxylic acids is 3. The third-order valence-electron chi connectivity index (χ3n) is 2.95. The highest BCUT2D eigenvalue weighted by Crippen LogP contribution is 2.21. The Morgan fingerprint density at radius 2 is 1.92 bits per heavy atom. The van der Waals surface area contributed by atoms with Gasteiger partial charge in [-0.2, -0.15) is 0 Å². The van der Waals surface area contributed by atoms with Crippen molar-refractivity contribution in [1.82, 2.24) is 10.3 Å². The molecule has 1 N–H and O–H groups in total. The van der Waals surface area contributed by atoms with Crippen LogP contribution in [0, 0.1) is 0 Å². The number of amides is 1. The number of hydrogen-bond acceptors (Lipinski definition) is 8. The molecule has 0 saturated carbocycles. The Balaban J connectivity index is 2.73. The lowest BCUT2D eigenvalue weighted by Gasteiger charge is -2.16. The standard InChI is InChI=1S/C15H23N3O5S/c1-5-22-12(19)8-7-10(15(21)23-6-2)17-13(20)14-16-9-11(24-14)18(3)4/h9-10H,5-8H2,1-4H3,(H,17,20)/t10-/m0/s1. The molecule has 0 fully saturated rings. The molecule has 0 radical (unpaired) electrons. The van der Waals surface area contributed by atoms with Gasteiger partial charge in [-0.15, -0.1) is 0 Å². The second kappa shape index (κ2) is 9.86. The summed E-state index contributed by atoms with van der Waals surface area (Å²) in [6.45, 7) is 3.83. The van der Waals surface area contributed by atoms with Gasteiger partial charge >= 0.3 is 11.9 Å². The van der Waals surface area contributed by atoms with Crippen molar-refractivity contribution < 1.29 is 23.9 Å². The first-order valence-corrected chi connectivity index (χ1v) is 8.46. The molecule has 9 heteroatoms. The van der Waals surface area contributed by atoms with Crippen molar-refractivity contribution in [3.8, 4) is 0 Å². The molecule has 0 aliphatic rings. The van der Waals surface area contributed by atoms with Crippen LogP contribution < -0.4 is 10.2 Å². The van der Waals surface area contributed by atoms with Crippen molar-refractivity contribution in [3.05, 3.63) is 11.2 Å². The predicted octanol–water partition coefficient (Wildman–Crippen LogP) is 1.21. The predicted molar refractivity (Wildman–Crippen MR) is 90.2 cm³/mol. The summed E-state index contributed by atoms with van der Waals surface area (Å²) >= 11 is 1.21. The Labute approximate surface area is 145 Å². The van der Waals surface area contributed by atoms with Crippen LogP contribution in [0.3, 0.4) is 0 Å². The van der Waals surface area contributed by atoms with E-state index in [1.807, 2.05) is 19.0 Å². The summed E-state index contributed by atoms with van der Waals surface area (Å²) in [6.07, 6.45) is 1.70. The number of carbonyl (C=O) groups is 3. The SMILES string of the molecule is CCOC(=O)CC[C@H](NC(=O)c1ncc(N(C)C)s1)C(=O)OCC.